The molecule has 0 unspecified atom stereocenters. The van der Waals surface area contributed by atoms with Gasteiger partial charge in [0.25, 0.3) is 0 Å². The van der Waals surface area contributed by atoms with Crippen LogP contribution in [0.25, 0.3) is 0 Å². The van der Waals surface area contributed by atoms with Gasteiger partial charge in [-0.25, -0.2) is 24.4 Å². The number of ether oxygens (including phenoxy) is 5. The molecule has 0 saturated heterocycles. The number of amides is 2. The van der Waals surface area contributed by atoms with Gasteiger partial charge in [-0.3, -0.25) is 4.18 Å². The number of carbonyl (C=O) groups excluding carboxylic acids is 3. The number of halogens is 2. The summed E-state index contributed by atoms with van der Waals surface area (Å²) in [5.41, 5.74) is -2.11. The van der Waals surface area contributed by atoms with Gasteiger partial charge in [-0.05, 0) is 60.3 Å². The summed E-state index contributed by atoms with van der Waals surface area (Å²) < 4.78 is 64.4. The van der Waals surface area contributed by atoms with Crippen LogP contribution in [0, 0.1) is 5.92 Å². The summed E-state index contributed by atoms with van der Waals surface area (Å²) >= 11 is -4.83. The Labute approximate surface area is 268 Å². The third kappa shape index (κ3) is 11.9. The lowest BCUT2D eigenvalue weighted by Gasteiger charge is -2.38. The zero-order valence-electron chi connectivity index (χ0n) is 28.8. The zero-order valence-corrected chi connectivity index (χ0v) is 29.7. The number of esters is 1. The van der Waals surface area contributed by atoms with Gasteiger partial charge in [0.1, 0.15) is 29.4 Å². The molecule has 1 aliphatic heterocycles. The highest BCUT2D eigenvalue weighted by atomic mass is 32.3. The van der Waals surface area contributed by atoms with Crippen molar-refractivity contribution in [1.82, 2.24) is 9.21 Å². The predicted molar refractivity (Wildman–Crippen MR) is 168 cm³/mol. The van der Waals surface area contributed by atoms with Crippen LogP contribution >= 0.6 is 11.3 Å². The van der Waals surface area contributed by atoms with E-state index in [4.69, 9.17) is 27.9 Å². The molecular formula is C29H52F2N4O9S. The minimum absolute atomic E-state index is 0.000687. The molecule has 2 amide bonds. The van der Waals surface area contributed by atoms with Gasteiger partial charge in [0.05, 0.1) is 21.3 Å². The Kier molecular flexibility index (Phi) is 15.0. The first kappa shape index (κ1) is 40.3. The van der Waals surface area contributed by atoms with Gasteiger partial charge in [0.15, 0.2) is 6.04 Å². The minimum Gasteiger partial charge on any atom is -0.483 e. The number of hydrogen-bond donors (Lipinski definition) is 0. The summed E-state index contributed by atoms with van der Waals surface area (Å²) in [6.07, 6.45) is -4.52. The number of nitrogens with zero attached hydrogens (tertiary/aromatic N) is 4. The second kappa shape index (κ2) is 16.7. The maximum absolute atomic E-state index is 15.6. The third-order valence-corrected chi connectivity index (χ3v) is 7.97. The summed E-state index contributed by atoms with van der Waals surface area (Å²) in [6, 6.07) is -3.37. The molecule has 0 N–H and O–H groups in total. The lowest BCUT2D eigenvalue weighted by atomic mass is 9.98. The molecule has 45 heavy (non-hydrogen) atoms. The maximum atomic E-state index is 15.6. The average Bonchev–Trinajstić information content (AvgIpc) is 2.91. The molecule has 262 valence electrons. The molecule has 0 bridgehead atoms. The van der Waals surface area contributed by atoms with E-state index < -0.39 is 64.9 Å². The standard InChI is InChI=1S/C29H52F2N4O9S/c1-14-34(15-2)45(30,31)44-20(22-24(40-12)32-21(18(3)4)23(33-22)39-11)17-16-19(25(36)41-13)35(26(37)42-28(5,6)7)27(38)43-29(8,9)10/h18-22H,14-17H2,1-13H3/t19-,20-,21-,22+/m0/s1. The van der Waals surface area contributed by atoms with Crippen molar-refractivity contribution in [2.45, 2.75) is 118 Å². The minimum atomic E-state index is -4.83. The Bertz CT molecular complexity index is 1040. The molecule has 0 spiro atoms. The molecule has 0 aromatic heterocycles. The highest BCUT2D eigenvalue weighted by Crippen LogP contribution is 2.57. The van der Waals surface area contributed by atoms with Crippen molar-refractivity contribution in [3.05, 3.63) is 0 Å². The van der Waals surface area contributed by atoms with Gasteiger partial charge in [0, 0.05) is 13.1 Å². The molecule has 13 nitrogen and oxygen atoms in total. The molecule has 0 aromatic rings. The van der Waals surface area contributed by atoms with Crippen LogP contribution in [0.4, 0.5) is 17.4 Å². The highest BCUT2D eigenvalue weighted by Gasteiger charge is 2.45. The fraction of sp³-hybridized carbons (Fsp3) is 0.828. The van der Waals surface area contributed by atoms with Crippen molar-refractivity contribution in [3.8, 4) is 0 Å². The van der Waals surface area contributed by atoms with Crippen LogP contribution < -0.4 is 0 Å². The van der Waals surface area contributed by atoms with Gasteiger partial charge in [0.2, 0.25) is 23.1 Å². The number of carbonyl (C=O) groups is 3. The second-order valence-corrected chi connectivity index (χ2v) is 14.1. The topological polar surface area (TPSA) is 138 Å². The average molecular weight is 671 g/mol. The van der Waals surface area contributed by atoms with Crippen LogP contribution in [0.15, 0.2) is 9.98 Å². The molecule has 1 rings (SSSR count). The molecule has 1 heterocycles. The Hall–Kier alpha value is -2.72. The number of imide groups is 1. The highest BCUT2D eigenvalue weighted by molar-refractivity contribution is 8.19. The predicted octanol–water partition coefficient (Wildman–Crippen LogP) is 6.11. The van der Waals surface area contributed by atoms with Gasteiger partial charge in [-0.15, -0.1) is 7.77 Å². The van der Waals surface area contributed by atoms with E-state index in [9.17, 15) is 14.4 Å². The quantitative estimate of drug-likeness (QED) is 0.177. The Morgan fingerprint density at radius 2 is 1.27 bits per heavy atom. The monoisotopic (exact) mass is 670 g/mol. The van der Waals surface area contributed by atoms with Crippen LogP contribution in [0.2, 0.25) is 0 Å². The molecule has 4 atom stereocenters. The normalized spacial score (nSPS) is 19.2. The number of rotatable bonds is 12. The van der Waals surface area contributed by atoms with Crippen LogP contribution in [0.1, 0.15) is 82.1 Å². The van der Waals surface area contributed by atoms with Crippen LogP contribution in [-0.4, -0.2) is 109 Å². The van der Waals surface area contributed by atoms with E-state index >= 15 is 7.77 Å². The van der Waals surface area contributed by atoms with E-state index in [0.29, 0.717) is 4.90 Å². The SMILES string of the molecule is CCN(CC)S(F)(F)O[C@@H](CC[C@@H](C(=O)OC)N(C(=O)OC(C)(C)C)C(=O)OC(C)(C)C)[C@H]1N=C(OC)[C@H](C(C)C)N=C1OC. The Balaban J connectivity index is 3.72. The largest absolute Gasteiger partial charge is 0.483 e. The lowest BCUT2D eigenvalue weighted by molar-refractivity contribution is -0.147. The molecule has 16 heteroatoms. The van der Waals surface area contributed by atoms with E-state index in [0.717, 1.165) is 11.4 Å². The van der Waals surface area contributed by atoms with Crippen molar-refractivity contribution in [1.29, 1.82) is 0 Å². The summed E-state index contributed by atoms with van der Waals surface area (Å²) in [6.45, 7) is 16.4. The summed E-state index contributed by atoms with van der Waals surface area (Å²) in [5.74, 6) is -0.838. The van der Waals surface area contributed by atoms with Gasteiger partial charge >= 0.3 is 18.2 Å². The third-order valence-electron chi connectivity index (χ3n) is 6.38. The summed E-state index contributed by atoms with van der Waals surface area (Å²) in [5, 5.41) is 0. The number of methoxy groups -OCH3 is 3. The molecular weight excluding hydrogens is 618 g/mol. The Morgan fingerprint density at radius 3 is 1.64 bits per heavy atom. The second-order valence-electron chi connectivity index (χ2n) is 12.6. The maximum Gasteiger partial charge on any atom is 0.420 e. The van der Waals surface area contributed by atoms with Crippen molar-refractivity contribution >= 4 is 41.2 Å². The smallest absolute Gasteiger partial charge is 0.420 e. The van der Waals surface area contributed by atoms with Crippen LogP contribution in [0.5, 0.6) is 0 Å². The number of hydrogen-bond acceptors (Lipinski definition) is 12. The fourth-order valence-electron chi connectivity index (χ4n) is 4.31. The van der Waals surface area contributed by atoms with Crippen molar-refractivity contribution in [2.24, 2.45) is 15.9 Å². The first-order valence-corrected chi connectivity index (χ1v) is 16.2. The first-order chi connectivity index (χ1) is 20.7. The molecule has 0 aromatic carbocycles. The number of aliphatic imine (C=N–C) groups is 2. The molecule has 0 radical (unpaired) electrons. The first-order valence-electron chi connectivity index (χ1n) is 14.9. The summed E-state index contributed by atoms with van der Waals surface area (Å²) in [7, 11) is 3.81. The molecule has 0 saturated carbocycles. The summed E-state index contributed by atoms with van der Waals surface area (Å²) in [4.78, 5) is 49.5. The van der Waals surface area contributed by atoms with Gasteiger partial charge < -0.3 is 23.7 Å². The van der Waals surface area contributed by atoms with E-state index in [2.05, 4.69) is 9.98 Å². The van der Waals surface area contributed by atoms with Crippen molar-refractivity contribution in [2.75, 3.05) is 34.4 Å². The van der Waals surface area contributed by atoms with E-state index in [1.54, 1.807) is 55.4 Å². The van der Waals surface area contributed by atoms with E-state index in [1.165, 1.54) is 14.2 Å². The van der Waals surface area contributed by atoms with Crippen LogP contribution in [0.3, 0.4) is 0 Å². The molecule has 0 aliphatic carbocycles. The lowest BCUT2D eigenvalue weighted by Crippen LogP contribution is -2.53. The van der Waals surface area contributed by atoms with Gasteiger partial charge in [-0.1, -0.05) is 27.7 Å². The van der Waals surface area contributed by atoms with Crippen molar-refractivity contribution < 1.29 is 50.0 Å². The van der Waals surface area contributed by atoms with Gasteiger partial charge in [-0.2, -0.15) is 9.21 Å². The zero-order chi connectivity index (χ0) is 34.9. The van der Waals surface area contributed by atoms with E-state index in [-0.39, 0.29) is 43.6 Å². The molecule has 1 aliphatic rings. The fourth-order valence-corrected chi connectivity index (χ4v) is 5.54. The van der Waals surface area contributed by atoms with E-state index in [1.807, 2.05) is 13.8 Å². The van der Waals surface area contributed by atoms with Crippen LogP contribution in [-0.2, 0) is 32.7 Å². The molecule has 0 fully saturated rings. The Morgan fingerprint density at radius 1 is 0.822 bits per heavy atom. The van der Waals surface area contributed by atoms with Crippen molar-refractivity contribution in [3.63, 3.8) is 0 Å².